The van der Waals surface area contributed by atoms with Crippen LogP contribution in [0.15, 0.2) is 42.7 Å². The lowest BCUT2D eigenvalue weighted by atomic mass is 9.85. The average Bonchev–Trinajstić information content (AvgIpc) is 3.65. The highest BCUT2D eigenvalue weighted by atomic mass is 19.1. The van der Waals surface area contributed by atoms with E-state index in [0.29, 0.717) is 16.6 Å². The second kappa shape index (κ2) is 9.53. The molecule has 1 aromatic carbocycles. The Hall–Kier alpha value is -3.89. The molecule has 3 aromatic heterocycles. The van der Waals surface area contributed by atoms with Gasteiger partial charge in [-0.05, 0) is 74.1 Å². The van der Waals surface area contributed by atoms with Crippen LogP contribution in [0.1, 0.15) is 72.2 Å². The first kappa shape index (κ1) is 23.5. The van der Waals surface area contributed by atoms with E-state index in [0.717, 1.165) is 62.6 Å². The van der Waals surface area contributed by atoms with Gasteiger partial charge in [0.25, 0.3) is 5.91 Å². The van der Waals surface area contributed by atoms with Crippen LogP contribution >= 0.6 is 0 Å². The zero-order valence-electron chi connectivity index (χ0n) is 20.5. The van der Waals surface area contributed by atoms with E-state index < -0.39 is 11.6 Å². The maximum atomic E-state index is 14.6. The minimum atomic E-state index is -0.449. The molecule has 6 rings (SSSR count). The molecule has 1 amide bonds. The summed E-state index contributed by atoms with van der Waals surface area (Å²) < 4.78 is 30.1. The molecular weight excluding hydrogens is 478 g/mol. The lowest BCUT2D eigenvalue weighted by molar-refractivity contribution is 0.0927. The van der Waals surface area contributed by atoms with E-state index in [1.165, 1.54) is 16.9 Å². The largest absolute Gasteiger partial charge is 0.364 e. The van der Waals surface area contributed by atoms with Crippen LogP contribution < -0.4 is 10.2 Å². The summed E-state index contributed by atoms with van der Waals surface area (Å²) in [5, 5.41) is 19.9. The molecule has 0 spiro atoms. The van der Waals surface area contributed by atoms with Gasteiger partial charge >= 0.3 is 0 Å². The highest BCUT2D eigenvalue weighted by Gasteiger charge is 2.30. The van der Waals surface area contributed by atoms with Gasteiger partial charge in [0.1, 0.15) is 11.6 Å². The predicted molar refractivity (Wildman–Crippen MR) is 132 cm³/mol. The number of carbonyl (C=O) groups is 1. The predicted octanol–water partition coefficient (Wildman–Crippen LogP) is 3.93. The number of rotatable bonds is 5. The number of nitrogens with zero attached hydrogens (tertiary/aromatic N) is 7. The number of fused-ring (bicyclic) bond motifs is 1. The molecule has 4 heterocycles. The minimum absolute atomic E-state index is 0.0671. The van der Waals surface area contributed by atoms with Gasteiger partial charge in [-0.3, -0.25) is 4.79 Å². The quantitative estimate of drug-likeness (QED) is 0.441. The summed E-state index contributed by atoms with van der Waals surface area (Å²) in [6.45, 7) is 0.719. The molecule has 0 unspecified atom stereocenters. The van der Waals surface area contributed by atoms with E-state index >= 15 is 0 Å². The maximum absolute atomic E-state index is 14.6. The average molecular weight is 507 g/mol. The van der Waals surface area contributed by atoms with Crippen molar-refractivity contribution in [2.75, 3.05) is 11.4 Å². The van der Waals surface area contributed by atoms with E-state index in [1.54, 1.807) is 24.0 Å². The van der Waals surface area contributed by atoms with Crippen LogP contribution in [0.5, 0.6) is 0 Å². The molecule has 1 saturated heterocycles. The Balaban J connectivity index is 1.18. The molecule has 1 aliphatic carbocycles. The Morgan fingerprint density at radius 3 is 2.70 bits per heavy atom. The number of aromatic nitrogens is 6. The van der Waals surface area contributed by atoms with Gasteiger partial charge in [-0.1, -0.05) is 0 Å². The second-order valence-electron chi connectivity index (χ2n) is 9.95. The third-order valence-electron chi connectivity index (χ3n) is 7.60. The summed E-state index contributed by atoms with van der Waals surface area (Å²) >= 11 is 0. The Labute approximate surface area is 212 Å². The first-order chi connectivity index (χ1) is 18.0. The molecule has 2 aliphatic rings. The summed E-state index contributed by atoms with van der Waals surface area (Å²) in [5.74, 6) is 0.00456. The first-order valence-electron chi connectivity index (χ1n) is 12.7. The normalized spacial score (nSPS) is 22.0. The van der Waals surface area contributed by atoms with Crippen molar-refractivity contribution in [2.45, 2.75) is 56.5 Å². The van der Waals surface area contributed by atoms with Gasteiger partial charge in [-0.15, -0.1) is 10.2 Å². The summed E-state index contributed by atoms with van der Waals surface area (Å²) in [6.07, 6.45) is 8.44. The van der Waals surface area contributed by atoms with E-state index in [9.17, 15) is 13.6 Å². The number of halogens is 2. The number of anilines is 1. The van der Waals surface area contributed by atoms with Crippen molar-refractivity contribution < 1.29 is 13.6 Å². The lowest BCUT2D eigenvalue weighted by Crippen LogP contribution is -2.37. The third kappa shape index (κ3) is 4.54. The van der Waals surface area contributed by atoms with Gasteiger partial charge in [0.15, 0.2) is 5.82 Å². The summed E-state index contributed by atoms with van der Waals surface area (Å²) in [4.78, 5) is 16.8. The molecule has 9 nitrogen and oxygen atoms in total. The van der Waals surface area contributed by atoms with Gasteiger partial charge in [0, 0.05) is 36.0 Å². The van der Waals surface area contributed by atoms with E-state index in [1.807, 2.05) is 12.1 Å². The van der Waals surface area contributed by atoms with Gasteiger partial charge < -0.3 is 10.2 Å². The number of aryl methyl sites for hydroxylation is 1. The molecule has 1 aliphatic heterocycles. The zero-order chi connectivity index (χ0) is 25.5. The number of tetrazole rings is 1. The number of amides is 1. The fraction of sp³-hybridized carbons (Fsp3) is 0.423. The van der Waals surface area contributed by atoms with Crippen molar-refractivity contribution in [2.24, 2.45) is 7.05 Å². The number of hydrogen-bond acceptors (Lipinski definition) is 6. The van der Waals surface area contributed by atoms with Crippen molar-refractivity contribution in [1.29, 1.82) is 0 Å². The Bertz CT molecular complexity index is 1440. The molecule has 192 valence electrons. The van der Waals surface area contributed by atoms with Crippen molar-refractivity contribution in [3.63, 3.8) is 0 Å². The maximum Gasteiger partial charge on any atom is 0.255 e. The number of benzene rings is 1. The van der Waals surface area contributed by atoms with Crippen LogP contribution in [0.4, 0.5) is 14.5 Å². The molecule has 2 fully saturated rings. The van der Waals surface area contributed by atoms with Gasteiger partial charge in [0.2, 0.25) is 0 Å². The van der Waals surface area contributed by atoms with E-state index in [4.69, 9.17) is 0 Å². The second-order valence-corrected chi connectivity index (χ2v) is 9.95. The van der Waals surface area contributed by atoms with E-state index in [-0.39, 0.29) is 23.9 Å². The summed E-state index contributed by atoms with van der Waals surface area (Å²) in [7, 11) is 1.76. The van der Waals surface area contributed by atoms with Crippen LogP contribution in [0.2, 0.25) is 0 Å². The first-order valence-corrected chi connectivity index (χ1v) is 12.7. The van der Waals surface area contributed by atoms with Crippen molar-refractivity contribution >= 4 is 17.1 Å². The monoisotopic (exact) mass is 506 g/mol. The summed E-state index contributed by atoms with van der Waals surface area (Å²) in [6, 6.07) is 7.22. The Morgan fingerprint density at radius 1 is 1.08 bits per heavy atom. The molecule has 0 radical (unpaired) electrons. The third-order valence-corrected chi connectivity index (χ3v) is 7.60. The van der Waals surface area contributed by atoms with Crippen LogP contribution in [-0.2, 0) is 7.05 Å². The zero-order valence-corrected chi connectivity index (χ0v) is 20.5. The topological polar surface area (TPSA) is 93.2 Å². The SMILES string of the molecule is Cn1nnc(C2CCC(NC(=O)c3cnn4ccc(N5CCC[C@@H]5c5cc(F)ccc5F)cc34)CC2)n1. The standard InChI is InChI=1S/C26H28F2N8O/c1-34-32-25(31-33-34)16-4-7-18(8-5-16)30-26(37)21-15-29-36-12-10-19(14-24(21)36)35-11-2-3-23(35)20-13-17(27)6-9-22(20)28/h6,9-10,12-16,18,23H,2-5,7-8,11H2,1H3,(H,30,37)/t16?,18?,23-/m1/s1. The van der Waals surface area contributed by atoms with E-state index in [2.05, 4.69) is 30.7 Å². The molecule has 0 bridgehead atoms. The van der Waals surface area contributed by atoms with Gasteiger partial charge in [-0.2, -0.15) is 9.90 Å². The molecule has 4 aromatic rings. The van der Waals surface area contributed by atoms with Crippen LogP contribution in [0.25, 0.3) is 5.52 Å². The highest BCUT2D eigenvalue weighted by molar-refractivity contribution is 6.01. The van der Waals surface area contributed by atoms with Crippen LogP contribution in [0, 0.1) is 11.6 Å². The van der Waals surface area contributed by atoms with Gasteiger partial charge in [-0.25, -0.2) is 13.3 Å². The van der Waals surface area contributed by atoms with Crippen molar-refractivity contribution in [1.82, 2.24) is 35.1 Å². The number of pyridine rings is 1. The Morgan fingerprint density at radius 2 is 1.92 bits per heavy atom. The van der Waals surface area contributed by atoms with Crippen molar-refractivity contribution in [3.8, 4) is 0 Å². The summed E-state index contributed by atoms with van der Waals surface area (Å²) in [5.41, 5.74) is 2.38. The molecular formula is C26H28F2N8O. The van der Waals surface area contributed by atoms with Crippen LogP contribution in [0.3, 0.4) is 0 Å². The van der Waals surface area contributed by atoms with Crippen molar-refractivity contribution in [3.05, 3.63) is 71.3 Å². The highest BCUT2D eigenvalue weighted by Crippen LogP contribution is 2.38. The number of hydrogen-bond donors (Lipinski definition) is 1. The Kier molecular flexibility index (Phi) is 6.05. The molecule has 1 N–H and O–H groups in total. The smallest absolute Gasteiger partial charge is 0.255 e. The minimum Gasteiger partial charge on any atom is -0.364 e. The van der Waals surface area contributed by atoms with Crippen LogP contribution in [-0.4, -0.2) is 48.3 Å². The number of nitrogens with one attached hydrogen (secondary N) is 1. The fourth-order valence-electron chi connectivity index (χ4n) is 5.71. The number of carbonyl (C=O) groups excluding carboxylic acids is 1. The lowest BCUT2D eigenvalue weighted by Gasteiger charge is -2.28. The molecule has 11 heteroatoms. The molecule has 1 atom stereocenters. The van der Waals surface area contributed by atoms with Gasteiger partial charge in [0.05, 0.1) is 30.4 Å². The molecule has 37 heavy (non-hydrogen) atoms. The fourth-order valence-corrected chi connectivity index (χ4v) is 5.71. The molecule has 1 saturated carbocycles.